The van der Waals surface area contributed by atoms with Crippen molar-refractivity contribution >= 4 is 34.8 Å². The summed E-state index contributed by atoms with van der Waals surface area (Å²) in [5.41, 5.74) is 2.58. The number of hydrogen-bond donors (Lipinski definition) is 0. The van der Waals surface area contributed by atoms with Crippen molar-refractivity contribution in [1.29, 1.82) is 0 Å². The Kier molecular flexibility index (Phi) is 5.48. The van der Waals surface area contributed by atoms with E-state index in [0.29, 0.717) is 10.7 Å². The highest BCUT2D eigenvalue weighted by molar-refractivity contribution is 6.31. The number of rotatable bonds is 4. The van der Waals surface area contributed by atoms with Gasteiger partial charge in [-0.2, -0.15) is 0 Å². The lowest BCUT2D eigenvalue weighted by molar-refractivity contribution is -0.123. The third-order valence-electron chi connectivity index (χ3n) is 5.72. The van der Waals surface area contributed by atoms with E-state index in [1.165, 1.54) is 4.90 Å². The second-order valence-corrected chi connectivity index (χ2v) is 7.85. The van der Waals surface area contributed by atoms with Crippen molar-refractivity contribution in [3.8, 4) is 5.75 Å². The second kappa shape index (κ2) is 8.05. The van der Waals surface area contributed by atoms with Crippen LogP contribution in [0, 0.1) is 6.92 Å². The van der Waals surface area contributed by atoms with Gasteiger partial charge in [0, 0.05) is 36.9 Å². The molecule has 6 nitrogen and oxygen atoms in total. The fraction of sp³-hybridized carbons (Fsp3) is 0.364. The molecular weight excluding hydrogens is 390 g/mol. The molecule has 2 aliphatic heterocycles. The third-order valence-corrected chi connectivity index (χ3v) is 6.14. The number of aryl methyl sites for hydroxylation is 1. The molecule has 2 saturated heterocycles. The summed E-state index contributed by atoms with van der Waals surface area (Å²) in [6.07, 6.45) is 0.225. The van der Waals surface area contributed by atoms with Gasteiger partial charge >= 0.3 is 0 Å². The van der Waals surface area contributed by atoms with Crippen LogP contribution < -0.4 is 14.5 Å². The highest BCUT2D eigenvalue weighted by Crippen LogP contribution is 2.29. The Labute approximate surface area is 175 Å². The molecule has 4 rings (SSSR count). The number of amides is 2. The van der Waals surface area contributed by atoms with Crippen molar-refractivity contribution < 1.29 is 14.3 Å². The number of carbonyl (C=O) groups excluding carboxylic acids is 2. The van der Waals surface area contributed by atoms with Gasteiger partial charge in [0.25, 0.3) is 5.91 Å². The van der Waals surface area contributed by atoms with E-state index in [9.17, 15) is 9.59 Å². The van der Waals surface area contributed by atoms with E-state index in [1.54, 1.807) is 25.3 Å². The lowest BCUT2D eigenvalue weighted by Crippen LogP contribution is -2.52. The minimum atomic E-state index is -0.392. The number of methoxy groups -OCH3 is 1. The highest BCUT2D eigenvalue weighted by Gasteiger charge is 2.43. The normalized spacial score (nSPS) is 20.4. The molecule has 0 spiro atoms. The largest absolute Gasteiger partial charge is 0.497 e. The molecule has 2 amide bonds. The molecule has 0 N–H and O–H groups in total. The van der Waals surface area contributed by atoms with Gasteiger partial charge in [-0.1, -0.05) is 11.6 Å². The van der Waals surface area contributed by atoms with Gasteiger partial charge in [-0.25, -0.2) is 4.90 Å². The van der Waals surface area contributed by atoms with Gasteiger partial charge in [-0.3, -0.25) is 14.5 Å². The number of benzene rings is 2. The lowest BCUT2D eigenvalue weighted by atomic mass is 10.1. The number of imide groups is 1. The van der Waals surface area contributed by atoms with Crippen molar-refractivity contribution in [1.82, 2.24) is 4.90 Å². The molecule has 2 aliphatic rings. The van der Waals surface area contributed by atoms with E-state index in [4.69, 9.17) is 16.3 Å². The Morgan fingerprint density at radius 2 is 1.62 bits per heavy atom. The van der Waals surface area contributed by atoms with Crippen molar-refractivity contribution in [2.75, 3.05) is 43.1 Å². The van der Waals surface area contributed by atoms with Crippen LogP contribution in [0.1, 0.15) is 12.0 Å². The highest BCUT2D eigenvalue weighted by atomic mass is 35.5. The SMILES string of the molecule is COc1ccc(N2CCN([C@@H]3CC(=O)N(c4ccc(Cl)c(C)c4)C3=O)CC2)cc1. The molecule has 0 saturated carbocycles. The zero-order valence-corrected chi connectivity index (χ0v) is 17.4. The maximum Gasteiger partial charge on any atom is 0.251 e. The summed E-state index contributed by atoms with van der Waals surface area (Å²) in [4.78, 5) is 31.4. The van der Waals surface area contributed by atoms with Crippen LogP contribution in [0.25, 0.3) is 0 Å². The number of anilines is 2. The molecule has 1 atom stereocenters. The number of hydrogen-bond acceptors (Lipinski definition) is 5. The van der Waals surface area contributed by atoms with Crippen molar-refractivity contribution in [2.45, 2.75) is 19.4 Å². The minimum absolute atomic E-state index is 0.144. The molecule has 29 heavy (non-hydrogen) atoms. The van der Waals surface area contributed by atoms with Gasteiger partial charge in [-0.15, -0.1) is 0 Å². The molecule has 152 valence electrons. The fourth-order valence-corrected chi connectivity index (χ4v) is 4.14. The van der Waals surface area contributed by atoms with Gasteiger partial charge in [0.1, 0.15) is 5.75 Å². The Bertz CT molecular complexity index is 923. The van der Waals surface area contributed by atoms with Crippen molar-refractivity contribution in [3.05, 3.63) is 53.1 Å². The van der Waals surface area contributed by atoms with E-state index >= 15 is 0 Å². The molecule has 0 radical (unpaired) electrons. The van der Waals surface area contributed by atoms with Crippen LogP contribution in [-0.2, 0) is 9.59 Å². The van der Waals surface area contributed by atoms with Gasteiger partial charge in [0.2, 0.25) is 5.91 Å². The van der Waals surface area contributed by atoms with E-state index in [-0.39, 0.29) is 18.2 Å². The average Bonchev–Trinajstić information content (AvgIpc) is 3.04. The summed E-state index contributed by atoms with van der Waals surface area (Å²) in [5.74, 6) is 0.536. The Morgan fingerprint density at radius 1 is 0.966 bits per heavy atom. The molecule has 0 aromatic heterocycles. The lowest BCUT2D eigenvalue weighted by Gasteiger charge is -2.38. The van der Waals surface area contributed by atoms with Crippen molar-refractivity contribution in [2.24, 2.45) is 0 Å². The molecule has 2 heterocycles. The van der Waals surface area contributed by atoms with Gasteiger partial charge in [-0.05, 0) is 55.0 Å². The second-order valence-electron chi connectivity index (χ2n) is 7.44. The Hall–Kier alpha value is -2.57. The minimum Gasteiger partial charge on any atom is -0.497 e. The number of ether oxygens (including phenoxy) is 1. The van der Waals surface area contributed by atoms with Gasteiger partial charge < -0.3 is 9.64 Å². The number of halogens is 1. The predicted octanol–water partition coefficient (Wildman–Crippen LogP) is 3.11. The maximum atomic E-state index is 13.0. The molecule has 2 fully saturated rings. The van der Waals surface area contributed by atoms with E-state index < -0.39 is 6.04 Å². The first-order valence-corrected chi connectivity index (χ1v) is 10.1. The Morgan fingerprint density at radius 3 is 2.24 bits per heavy atom. The van der Waals surface area contributed by atoms with E-state index in [1.807, 2.05) is 31.2 Å². The maximum absolute atomic E-state index is 13.0. The Balaban J connectivity index is 1.42. The van der Waals surface area contributed by atoms with Crippen molar-refractivity contribution in [3.63, 3.8) is 0 Å². The average molecular weight is 414 g/mol. The quantitative estimate of drug-likeness (QED) is 0.721. The van der Waals surface area contributed by atoms with Crippen LogP contribution in [0.15, 0.2) is 42.5 Å². The number of carbonyl (C=O) groups is 2. The summed E-state index contributed by atoms with van der Waals surface area (Å²) in [7, 11) is 1.66. The summed E-state index contributed by atoms with van der Waals surface area (Å²) >= 11 is 6.08. The van der Waals surface area contributed by atoms with E-state index in [0.717, 1.165) is 43.2 Å². The summed E-state index contributed by atoms with van der Waals surface area (Å²) < 4.78 is 5.22. The first-order valence-electron chi connectivity index (χ1n) is 9.74. The van der Waals surface area contributed by atoms with Crippen LogP contribution in [0.2, 0.25) is 5.02 Å². The monoisotopic (exact) mass is 413 g/mol. The first kappa shape index (κ1) is 19.7. The zero-order chi connectivity index (χ0) is 20.5. The molecule has 2 aromatic rings. The molecule has 2 aromatic carbocycles. The molecule has 0 aliphatic carbocycles. The van der Waals surface area contributed by atoms with Crippen LogP contribution in [0.3, 0.4) is 0 Å². The summed E-state index contributed by atoms with van der Waals surface area (Å²) in [6.45, 7) is 4.97. The predicted molar refractivity (Wildman–Crippen MR) is 114 cm³/mol. The molecule has 0 bridgehead atoms. The zero-order valence-electron chi connectivity index (χ0n) is 16.6. The van der Waals surface area contributed by atoms with E-state index in [2.05, 4.69) is 9.80 Å². The van der Waals surface area contributed by atoms with Gasteiger partial charge in [0.05, 0.1) is 25.3 Å². The summed E-state index contributed by atoms with van der Waals surface area (Å²) in [5, 5.41) is 0.624. The van der Waals surface area contributed by atoms with Crippen LogP contribution in [-0.4, -0.2) is 56.0 Å². The standard InChI is InChI=1S/C22H24ClN3O3/c1-15-13-17(5-8-19(15)23)26-21(27)14-20(22(26)28)25-11-9-24(10-12-25)16-3-6-18(29-2)7-4-16/h3-8,13,20H,9-12,14H2,1-2H3/t20-/m1/s1. The third kappa shape index (κ3) is 3.82. The number of nitrogens with zero attached hydrogens (tertiary/aromatic N) is 3. The summed E-state index contributed by atoms with van der Waals surface area (Å²) in [6, 6.07) is 12.9. The smallest absolute Gasteiger partial charge is 0.251 e. The first-order chi connectivity index (χ1) is 14.0. The van der Waals surface area contributed by atoms with Crippen LogP contribution in [0.4, 0.5) is 11.4 Å². The molecule has 0 unspecified atom stereocenters. The topological polar surface area (TPSA) is 53.1 Å². The molecule has 7 heteroatoms. The van der Waals surface area contributed by atoms with Crippen LogP contribution >= 0.6 is 11.6 Å². The van der Waals surface area contributed by atoms with Gasteiger partial charge in [0.15, 0.2) is 0 Å². The van der Waals surface area contributed by atoms with Crippen LogP contribution in [0.5, 0.6) is 5.75 Å². The fourth-order valence-electron chi connectivity index (χ4n) is 4.03. The molecular formula is C22H24ClN3O3. The number of piperazine rings is 1.